The number of nitrogens with two attached hydrogens (primary N) is 1. The van der Waals surface area contributed by atoms with Gasteiger partial charge in [-0.05, 0) is 12.8 Å². The maximum absolute atomic E-state index is 10.7. The number of hydrogen-bond acceptors (Lipinski definition) is 4. The Hall–Kier alpha value is -1.72. The summed E-state index contributed by atoms with van der Waals surface area (Å²) in [6, 6.07) is -0.838. The highest BCUT2D eigenvalue weighted by molar-refractivity contribution is 5.81. The van der Waals surface area contributed by atoms with Crippen molar-refractivity contribution >= 4 is 11.9 Å². The Balaban J connectivity index is 3.81. The molecule has 1 atom stereocenters. The van der Waals surface area contributed by atoms with Crippen molar-refractivity contribution in [3.8, 4) is 0 Å². The molecule has 0 aromatic rings. The number of nitrogens with one attached hydrogen (secondary N) is 2. The molecule has 0 spiro atoms. The summed E-state index contributed by atoms with van der Waals surface area (Å²) in [5, 5.41) is 13.9. The van der Waals surface area contributed by atoms with E-state index in [1.54, 1.807) is 0 Å². The van der Waals surface area contributed by atoms with Gasteiger partial charge in [0.2, 0.25) is 5.91 Å². The van der Waals surface area contributed by atoms with Crippen LogP contribution in [-0.2, 0) is 9.59 Å². The second-order valence-corrected chi connectivity index (χ2v) is 3.19. The van der Waals surface area contributed by atoms with Gasteiger partial charge in [0.25, 0.3) is 0 Å². The van der Waals surface area contributed by atoms with E-state index in [0.717, 1.165) is 0 Å². The van der Waals surface area contributed by atoms with E-state index in [-0.39, 0.29) is 5.91 Å². The number of carbonyl (C=O) groups excluding carboxylic acids is 1. The normalized spacial score (nSPS) is 11.5. The predicted molar refractivity (Wildman–Crippen MR) is 55.8 cm³/mol. The van der Waals surface area contributed by atoms with E-state index in [1.165, 1.54) is 6.92 Å². The first-order chi connectivity index (χ1) is 6.93. The zero-order valence-corrected chi connectivity index (χ0v) is 8.75. The van der Waals surface area contributed by atoms with Crippen molar-refractivity contribution in [2.24, 2.45) is 5.73 Å². The molecular weight excluding hydrogens is 198 g/mol. The standard InChI is InChI=1S/C9H17N3O3/c1-6(10)11-5-3-4-8(9(14)15)12-7(2)13/h8,11H,1,3-5,10H2,2H3,(H,12,13)(H,14,15)/t8-/m0/s1. The van der Waals surface area contributed by atoms with Crippen molar-refractivity contribution in [2.75, 3.05) is 6.54 Å². The zero-order valence-electron chi connectivity index (χ0n) is 8.75. The number of hydrogen-bond donors (Lipinski definition) is 4. The Morgan fingerprint density at radius 3 is 2.53 bits per heavy atom. The van der Waals surface area contributed by atoms with Crippen molar-refractivity contribution in [3.63, 3.8) is 0 Å². The number of carbonyl (C=O) groups is 2. The van der Waals surface area contributed by atoms with Crippen LogP contribution in [0.5, 0.6) is 0 Å². The monoisotopic (exact) mass is 215 g/mol. The average molecular weight is 215 g/mol. The molecule has 0 heterocycles. The number of amides is 1. The van der Waals surface area contributed by atoms with E-state index in [9.17, 15) is 9.59 Å². The Bertz CT molecular complexity index is 253. The van der Waals surface area contributed by atoms with Crippen LogP contribution in [0.2, 0.25) is 0 Å². The van der Waals surface area contributed by atoms with Gasteiger partial charge in [0.15, 0.2) is 0 Å². The number of carboxylic acid groups (broad SMARTS) is 1. The topological polar surface area (TPSA) is 104 Å². The van der Waals surface area contributed by atoms with E-state index in [4.69, 9.17) is 10.8 Å². The fourth-order valence-electron chi connectivity index (χ4n) is 1.06. The van der Waals surface area contributed by atoms with Crippen molar-refractivity contribution in [2.45, 2.75) is 25.8 Å². The molecule has 6 heteroatoms. The van der Waals surface area contributed by atoms with E-state index in [2.05, 4.69) is 17.2 Å². The lowest BCUT2D eigenvalue weighted by atomic mass is 10.1. The molecule has 0 aliphatic heterocycles. The second kappa shape index (κ2) is 6.69. The Morgan fingerprint density at radius 1 is 1.53 bits per heavy atom. The molecule has 0 bridgehead atoms. The summed E-state index contributed by atoms with van der Waals surface area (Å²) < 4.78 is 0. The van der Waals surface area contributed by atoms with Gasteiger partial charge in [0, 0.05) is 13.5 Å². The van der Waals surface area contributed by atoms with Gasteiger partial charge in [0.05, 0.1) is 5.82 Å². The van der Waals surface area contributed by atoms with E-state index in [1.807, 2.05) is 0 Å². The molecule has 0 aromatic carbocycles. The van der Waals surface area contributed by atoms with Crippen LogP contribution >= 0.6 is 0 Å². The van der Waals surface area contributed by atoms with Crippen LogP contribution in [-0.4, -0.2) is 29.6 Å². The molecule has 0 unspecified atom stereocenters. The molecule has 0 aliphatic carbocycles. The molecule has 6 nitrogen and oxygen atoms in total. The first-order valence-electron chi connectivity index (χ1n) is 4.61. The van der Waals surface area contributed by atoms with Crippen molar-refractivity contribution < 1.29 is 14.7 Å². The van der Waals surface area contributed by atoms with Gasteiger partial charge >= 0.3 is 5.97 Å². The van der Waals surface area contributed by atoms with Crippen LogP contribution in [0.4, 0.5) is 0 Å². The minimum atomic E-state index is -1.03. The van der Waals surface area contributed by atoms with Crippen molar-refractivity contribution in [1.82, 2.24) is 10.6 Å². The molecule has 0 saturated heterocycles. The van der Waals surface area contributed by atoms with Gasteiger partial charge in [-0.15, -0.1) is 0 Å². The highest BCUT2D eigenvalue weighted by Crippen LogP contribution is 1.97. The molecule has 0 rings (SSSR count). The minimum Gasteiger partial charge on any atom is -0.480 e. The molecule has 15 heavy (non-hydrogen) atoms. The summed E-state index contributed by atoms with van der Waals surface area (Å²) in [5.74, 6) is -1.03. The molecule has 0 aliphatic rings. The van der Waals surface area contributed by atoms with E-state index in [0.29, 0.717) is 25.2 Å². The third-order valence-electron chi connectivity index (χ3n) is 1.70. The van der Waals surface area contributed by atoms with Crippen LogP contribution in [0.15, 0.2) is 12.4 Å². The third kappa shape index (κ3) is 7.36. The smallest absolute Gasteiger partial charge is 0.326 e. The molecule has 1 amide bonds. The number of carboxylic acids is 1. The molecule has 5 N–H and O–H groups in total. The van der Waals surface area contributed by atoms with E-state index < -0.39 is 12.0 Å². The van der Waals surface area contributed by atoms with Gasteiger partial charge < -0.3 is 21.5 Å². The highest BCUT2D eigenvalue weighted by atomic mass is 16.4. The quantitative estimate of drug-likeness (QED) is 0.423. The molecule has 0 aromatic heterocycles. The average Bonchev–Trinajstić information content (AvgIpc) is 2.08. The zero-order chi connectivity index (χ0) is 11.8. The summed E-state index contributed by atoms with van der Waals surface area (Å²) in [7, 11) is 0. The lowest BCUT2D eigenvalue weighted by Gasteiger charge is -2.13. The predicted octanol–water partition coefficient (Wildman–Crippen LogP) is -0.625. The fourth-order valence-corrected chi connectivity index (χ4v) is 1.06. The Kier molecular flexibility index (Phi) is 5.92. The van der Waals surface area contributed by atoms with Crippen LogP contribution in [0.1, 0.15) is 19.8 Å². The first-order valence-corrected chi connectivity index (χ1v) is 4.61. The Morgan fingerprint density at radius 2 is 2.13 bits per heavy atom. The van der Waals surface area contributed by atoms with Crippen LogP contribution < -0.4 is 16.4 Å². The fraction of sp³-hybridized carbons (Fsp3) is 0.556. The highest BCUT2D eigenvalue weighted by Gasteiger charge is 2.17. The lowest BCUT2D eigenvalue weighted by molar-refractivity contribution is -0.141. The summed E-state index contributed by atoms with van der Waals surface area (Å²) in [5.41, 5.74) is 5.26. The lowest BCUT2D eigenvalue weighted by Crippen LogP contribution is -2.40. The first kappa shape index (κ1) is 13.3. The Labute approximate surface area is 88.5 Å². The van der Waals surface area contributed by atoms with Crippen LogP contribution in [0.25, 0.3) is 0 Å². The maximum Gasteiger partial charge on any atom is 0.326 e. The van der Waals surface area contributed by atoms with Gasteiger partial charge in [-0.25, -0.2) is 4.79 Å². The summed E-state index contributed by atoms with van der Waals surface area (Å²) in [6.07, 6.45) is 0.947. The van der Waals surface area contributed by atoms with Gasteiger partial charge in [-0.2, -0.15) is 0 Å². The summed E-state index contributed by atoms with van der Waals surface area (Å²) in [6.45, 7) is 5.26. The van der Waals surface area contributed by atoms with E-state index >= 15 is 0 Å². The molecule has 0 radical (unpaired) electrons. The number of aliphatic carboxylic acids is 1. The van der Waals surface area contributed by atoms with Crippen molar-refractivity contribution in [3.05, 3.63) is 12.4 Å². The molecule has 0 fully saturated rings. The molecular formula is C9H17N3O3. The largest absolute Gasteiger partial charge is 0.480 e. The van der Waals surface area contributed by atoms with Crippen molar-refractivity contribution in [1.29, 1.82) is 0 Å². The van der Waals surface area contributed by atoms with Crippen LogP contribution in [0.3, 0.4) is 0 Å². The molecule has 0 saturated carbocycles. The summed E-state index contributed by atoms with van der Waals surface area (Å²) in [4.78, 5) is 21.4. The summed E-state index contributed by atoms with van der Waals surface area (Å²) >= 11 is 0. The SMILES string of the molecule is C=C(N)NCCC[C@H](NC(C)=O)C(=O)O. The minimum absolute atomic E-state index is 0.349. The number of rotatable bonds is 7. The molecule has 86 valence electrons. The van der Waals surface area contributed by atoms with Crippen LogP contribution in [0, 0.1) is 0 Å². The maximum atomic E-state index is 10.7. The van der Waals surface area contributed by atoms with Gasteiger partial charge in [0.1, 0.15) is 6.04 Å². The van der Waals surface area contributed by atoms with Gasteiger partial charge in [-0.1, -0.05) is 6.58 Å². The van der Waals surface area contributed by atoms with Gasteiger partial charge in [-0.3, -0.25) is 4.79 Å². The second-order valence-electron chi connectivity index (χ2n) is 3.19. The third-order valence-corrected chi connectivity index (χ3v) is 1.70.